The zero-order valence-corrected chi connectivity index (χ0v) is 29.1. The van der Waals surface area contributed by atoms with Crippen molar-refractivity contribution in [2.24, 2.45) is 0 Å². The van der Waals surface area contributed by atoms with Gasteiger partial charge < -0.3 is 14.3 Å². The lowest BCUT2D eigenvalue weighted by Crippen LogP contribution is -3.00. The first-order valence-electron chi connectivity index (χ1n) is 16.8. The molecule has 49 heavy (non-hydrogen) atoms. The van der Waals surface area contributed by atoms with Crippen LogP contribution in [0.25, 0.3) is 0 Å². The number of benzene rings is 3. The van der Waals surface area contributed by atoms with Gasteiger partial charge in [-0.05, 0) is 51.3 Å². The molecule has 0 unspecified atom stereocenters. The molecule has 4 nitrogen and oxygen atoms in total. The SMILES string of the molecule is CCOC(=O)CCCCCN1/C(=C/C=C/C=C/C2=[N+](Cc3ccccc3)c3ccccc3C2(C)C)C(C)(C)c2ccccc21.FB(F)F.[F-]. The summed E-state index contributed by atoms with van der Waals surface area (Å²) in [5, 5.41) is 0. The molecule has 0 saturated heterocycles. The van der Waals surface area contributed by atoms with Crippen LogP contribution in [0.3, 0.4) is 0 Å². The zero-order chi connectivity index (χ0) is 34.7. The van der Waals surface area contributed by atoms with E-state index in [1.807, 2.05) is 6.92 Å². The van der Waals surface area contributed by atoms with Gasteiger partial charge in [0.2, 0.25) is 5.69 Å². The number of ether oxygens (including phenoxy) is 1. The highest BCUT2D eigenvalue weighted by molar-refractivity contribution is 6.33. The summed E-state index contributed by atoms with van der Waals surface area (Å²) in [5.41, 5.74) is 9.03. The van der Waals surface area contributed by atoms with Crippen LogP contribution in [0.5, 0.6) is 0 Å². The molecule has 2 aliphatic rings. The predicted octanol–water partition coefficient (Wildman–Crippen LogP) is 7.06. The summed E-state index contributed by atoms with van der Waals surface area (Å²) in [5.74, 6) is -0.0925. The molecular formula is C40H47BF4N2O2. The van der Waals surface area contributed by atoms with Crippen LogP contribution in [0, 0.1) is 0 Å². The number of allylic oxidation sites excluding steroid dienone is 6. The van der Waals surface area contributed by atoms with Gasteiger partial charge in [-0.3, -0.25) is 17.7 Å². The number of fused-ring (bicyclic) bond motifs is 2. The molecule has 0 aromatic heterocycles. The van der Waals surface area contributed by atoms with Gasteiger partial charge in [-0.15, -0.1) is 0 Å². The number of carbonyl (C=O) groups excluding carboxylic acids is 1. The lowest BCUT2D eigenvalue weighted by Gasteiger charge is -2.27. The van der Waals surface area contributed by atoms with E-state index >= 15 is 0 Å². The maximum Gasteiger partial charge on any atom is 0.762 e. The van der Waals surface area contributed by atoms with E-state index in [2.05, 4.69) is 146 Å². The van der Waals surface area contributed by atoms with E-state index in [9.17, 15) is 17.7 Å². The van der Waals surface area contributed by atoms with E-state index in [4.69, 9.17) is 4.74 Å². The molecule has 3 aromatic carbocycles. The Morgan fingerprint density at radius 3 is 2.14 bits per heavy atom. The fourth-order valence-corrected chi connectivity index (χ4v) is 6.77. The molecule has 0 spiro atoms. The third kappa shape index (κ3) is 9.61. The molecule has 0 atom stereocenters. The number of nitrogens with zero attached hydrogens (tertiary/aromatic N) is 2. The molecule has 260 valence electrons. The third-order valence-corrected chi connectivity index (χ3v) is 9.08. The summed E-state index contributed by atoms with van der Waals surface area (Å²) < 4.78 is 36.6. The minimum Gasteiger partial charge on any atom is -1.00 e. The molecule has 0 N–H and O–H groups in total. The smallest absolute Gasteiger partial charge is 0.762 e. The average molecular weight is 675 g/mol. The minimum absolute atomic E-state index is 0. The Kier molecular flexibility index (Phi) is 14.2. The number of rotatable bonds is 12. The topological polar surface area (TPSA) is 32.5 Å². The fourth-order valence-electron chi connectivity index (χ4n) is 6.77. The highest BCUT2D eigenvalue weighted by atomic mass is 19.4. The van der Waals surface area contributed by atoms with E-state index in [1.165, 1.54) is 39.5 Å². The van der Waals surface area contributed by atoms with Crippen molar-refractivity contribution < 1.29 is 31.8 Å². The minimum atomic E-state index is -3.67. The van der Waals surface area contributed by atoms with Gasteiger partial charge in [0.15, 0.2) is 12.3 Å². The van der Waals surface area contributed by atoms with E-state index < -0.39 is 7.54 Å². The van der Waals surface area contributed by atoms with E-state index in [1.54, 1.807) is 0 Å². The number of halogens is 4. The Morgan fingerprint density at radius 1 is 0.816 bits per heavy atom. The van der Waals surface area contributed by atoms with Crippen LogP contribution in [0.1, 0.15) is 77.0 Å². The van der Waals surface area contributed by atoms with Crippen molar-refractivity contribution in [1.29, 1.82) is 0 Å². The van der Waals surface area contributed by atoms with Crippen molar-refractivity contribution in [2.75, 3.05) is 18.1 Å². The van der Waals surface area contributed by atoms with Crippen molar-refractivity contribution >= 4 is 30.6 Å². The fraction of sp³-hybridized carbons (Fsp3) is 0.350. The molecule has 2 heterocycles. The Balaban J connectivity index is 0.00000123. The molecule has 2 aliphatic heterocycles. The number of carbonyl (C=O) groups is 1. The molecule has 0 amide bonds. The van der Waals surface area contributed by atoms with Crippen LogP contribution in [0.4, 0.5) is 24.3 Å². The van der Waals surface area contributed by atoms with Gasteiger partial charge in [0, 0.05) is 53.0 Å². The van der Waals surface area contributed by atoms with E-state index in [0.29, 0.717) is 13.0 Å². The van der Waals surface area contributed by atoms with Crippen molar-refractivity contribution in [3.8, 4) is 0 Å². The van der Waals surface area contributed by atoms with Crippen LogP contribution in [-0.4, -0.2) is 37.0 Å². The van der Waals surface area contributed by atoms with Crippen LogP contribution < -0.4 is 9.60 Å². The first-order valence-corrected chi connectivity index (χ1v) is 16.8. The van der Waals surface area contributed by atoms with Crippen LogP contribution >= 0.6 is 0 Å². The molecule has 0 aliphatic carbocycles. The van der Waals surface area contributed by atoms with Gasteiger partial charge in [-0.1, -0.05) is 105 Å². The lowest BCUT2D eigenvalue weighted by atomic mass is 9.81. The quantitative estimate of drug-likeness (QED) is 0.0515. The maximum absolute atomic E-state index is 11.8. The summed E-state index contributed by atoms with van der Waals surface area (Å²) in [6.07, 6.45) is 14.5. The molecule has 0 saturated carbocycles. The molecule has 9 heteroatoms. The van der Waals surface area contributed by atoms with Crippen molar-refractivity contribution in [3.63, 3.8) is 0 Å². The Hall–Kier alpha value is -4.40. The lowest BCUT2D eigenvalue weighted by molar-refractivity contribution is -0.455. The highest BCUT2D eigenvalue weighted by Crippen LogP contribution is 2.47. The summed E-state index contributed by atoms with van der Waals surface area (Å²) in [6, 6.07) is 28.3. The number of anilines is 1. The Morgan fingerprint density at radius 2 is 1.45 bits per heavy atom. The highest BCUT2D eigenvalue weighted by Gasteiger charge is 2.44. The molecule has 0 bridgehead atoms. The average Bonchev–Trinajstić information content (AvgIpc) is 3.40. The molecule has 0 radical (unpaired) electrons. The predicted molar refractivity (Wildman–Crippen MR) is 192 cm³/mol. The maximum atomic E-state index is 11.8. The first-order chi connectivity index (χ1) is 23.0. The first kappa shape index (κ1) is 39.0. The molecule has 5 rings (SSSR count). The standard InChI is InChI=1S/C40H47N2O2.BF3.FH/c1-6-44-38(43)28-14-9-19-29-41-34-24-17-15-22-32(34)39(2,3)36(41)26-12-8-13-27-37-40(4,5)33-23-16-18-25-35(33)42(37)30-31-20-10-7-11-21-31;2-1(3)4;/h7-8,10-13,15-18,20-27H,6,9,14,19,28-30H2,1-5H3;;1H/q+1;;/p-1. The zero-order valence-electron chi connectivity index (χ0n) is 29.1. The third-order valence-electron chi connectivity index (χ3n) is 9.08. The van der Waals surface area contributed by atoms with Gasteiger partial charge in [-0.25, -0.2) is 0 Å². The van der Waals surface area contributed by atoms with Crippen molar-refractivity contribution in [2.45, 2.75) is 77.7 Å². The van der Waals surface area contributed by atoms with Gasteiger partial charge >= 0.3 is 13.5 Å². The van der Waals surface area contributed by atoms with Crippen molar-refractivity contribution in [3.05, 3.63) is 132 Å². The second kappa shape index (κ2) is 17.8. The second-order valence-corrected chi connectivity index (χ2v) is 13.1. The number of para-hydroxylation sites is 2. The summed E-state index contributed by atoms with van der Waals surface area (Å²) in [4.78, 5) is 14.2. The second-order valence-electron chi connectivity index (χ2n) is 13.1. The number of esters is 1. The Bertz CT molecular complexity index is 1660. The van der Waals surface area contributed by atoms with E-state index in [-0.39, 0.29) is 21.5 Å². The number of hydrogen-bond donors (Lipinski definition) is 0. The van der Waals surface area contributed by atoms with Gasteiger partial charge in [0.05, 0.1) is 12.0 Å². The summed E-state index contributed by atoms with van der Waals surface area (Å²) in [7, 11) is -3.67. The largest absolute Gasteiger partial charge is 1.00 e. The number of hydrogen-bond acceptors (Lipinski definition) is 3. The van der Waals surface area contributed by atoms with Crippen molar-refractivity contribution in [1.82, 2.24) is 0 Å². The van der Waals surface area contributed by atoms with Crippen LogP contribution in [-0.2, 0) is 26.9 Å². The monoisotopic (exact) mass is 674 g/mol. The molecule has 0 fully saturated rings. The summed E-state index contributed by atoms with van der Waals surface area (Å²) >= 11 is 0. The number of unbranched alkanes of at least 4 members (excludes halogenated alkanes) is 2. The van der Waals surface area contributed by atoms with Gasteiger partial charge in [0.1, 0.15) is 0 Å². The summed E-state index contributed by atoms with van der Waals surface area (Å²) in [6.45, 7) is 13.4. The molecule has 3 aromatic rings. The van der Waals surface area contributed by atoms with E-state index in [0.717, 1.165) is 32.4 Å². The van der Waals surface area contributed by atoms with Crippen LogP contribution in [0.15, 0.2) is 115 Å². The Labute approximate surface area is 289 Å². The van der Waals surface area contributed by atoms with Gasteiger partial charge in [0.25, 0.3) is 0 Å². The molecular weight excluding hydrogens is 627 g/mol. The van der Waals surface area contributed by atoms with Gasteiger partial charge in [-0.2, -0.15) is 4.58 Å². The van der Waals surface area contributed by atoms with Crippen LogP contribution in [0.2, 0.25) is 0 Å². The normalized spacial score (nSPS) is 16.3.